The van der Waals surface area contributed by atoms with Crippen LogP contribution in [0.4, 0.5) is 17.1 Å². The lowest BCUT2D eigenvalue weighted by Crippen LogP contribution is -2.10. The van der Waals surface area contributed by atoms with Crippen LogP contribution < -0.4 is 4.90 Å². The number of nitrogens with zero attached hydrogens (tertiary/aromatic N) is 2. The lowest BCUT2D eigenvalue weighted by molar-refractivity contribution is 1.16. The summed E-state index contributed by atoms with van der Waals surface area (Å²) >= 11 is 3.85. The Hall–Kier alpha value is -4.60. The van der Waals surface area contributed by atoms with Gasteiger partial charge in [-0.15, -0.1) is 0 Å². The third kappa shape index (κ3) is 4.31. The van der Waals surface area contributed by atoms with Crippen LogP contribution in [0.25, 0.3) is 38.6 Å². The van der Waals surface area contributed by atoms with Crippen LogP contribution >= 0.6 is 15.9 Å². The number of rotatable bonds is 5. The summed E-state index contributed by atoms with van der Waals surface area (Å²) in [5.74, 6) is 0. The molecule has 2 nitrogen and oxygen atoms in total. The average molecular weight is 566 g/mol. The van der Waals surface area contributed by atoms with Gasteiger partial charge in [0.2, 0.25) is 0 Å². The molecule has 186 valence electrons. The highest BCUT2D eigenvalue weighted by atomic mass is 79.9. The molecule has 0 radical (unpaired) electrons. The Morgan fingerprint density at radius 3 is 1.69 bits per heavy atom. The van der Waals surface area contributed by atoms with Crippen LogP contribution in [-0.4, -0.2) is 4.57 Å². The standard InChI is InChI=1S/C36H25BrN2/c37-28-23-31(25-32(24-28)39-35-20-9-7-18-33(35)34-19-8-10-21-36(34)39)38(29-15-5-2-6-16-29)30-17-11-14-27(22-30)26-12-3-1-4-13-26/h1-25H. The van der Waals surface area contributed by atoms with E-state index in [0.29, 0.717) is 0 Å². The van der Waals surface area contributed by atoms with Crippen molar-refractivity contribution >= 4 is 54.8 Å². The second-order valence-electron chi connectivity index (χ2n) is 9.62. The molecule has 0 fully saturated rings. The minimum absolute atomic E-state index is 1.03. The van der Waals surface area contributed by atoms with Gasteiger partial charge in [0.05, 0.1) is 11.0 Å². The van der Waals surface area contributed by atoms with Crippen molar-refractivity contribution in [2.75, 3.05) is 4.90 Å². The van der Waals surface area contributed by atoms with Crippen molar-refractivity contribution in [3.05, 3.63) is 156 Å². The molecule has 0 aliphatic rings. The monoisotopic (exact) mass is 564 g/mol. The topological polar surface area (TPSA) is 8.17 Å². The lowest BCUT2D eigenvalue weighted by Gasteiger charge is -2.27. The Bertz CT molecular complexity index is 1870. The van der Waals surface area contributed by atoms with Crippen molar-refractivity contribution in [1.82, 2.24) is 4.57 Å². The van der Waals surface area contributed by atoms with Crippen LogP contribution in [0.15, 0.2) is 156 Å². The molecule has 1 heterocycles. The van der Waals surface area contributed by atoms with Crippen LogP contribution in [0, 0.1) is 0 Å². The highest BCUT2D eigenvalue weighted by molar-refractivity contribution is 9.10. The smallest absolute Gasteiger partial charge is 0.0541 e. The van der Waals surface area contributed by atoms with E-state index in [1.54, 1.807) is 0 Å². The molecule has 0 atom stereocenters. The second kappa shape index (κ2) is 9.94. The van der Waals surface area contributed by atoms with Gasteiger partial charge in [-0.2, -0.15) is 0 Å². The molecule has 0 aliphatic heterocycles. The quantitative estimate of drug-likeness (QED) is 0.202. The van der Waals surface area contributed by atoms with Crippen molar-refractivity contribution in [3.63, 3.8) is 0 Å². The summed E-state index contributed by atoms with van der Waals surface area (Å²) in [6.45, 7) is 0. The zero-order valence-corrected chi connectivity index (χ0v) is 22.8. The SMILES string of the molecule is Brc1cc(N(c2ccccc2)c2cccc(-c3ccccc3)c2)cc(-n2c3ccccc3c3ccccc32)c1. The first-order valence-corrected chi connectivity index (χ1v) is 13.9. The first-order valence-electron chi connectivity index (χ1n) is 13.1. The number of hydrogen-bond donors (Lipinski definition) is 0. The maximum absolute atomic E-state index is 3.85. The van der Waals surface area contributed by atoms with Gasteiger partial charge < -0.3 is 9.47 Å². The molecule has 0 aliphatic carbocycles. The molecule has 0 unspecified atom stereocenters. The van der Waals surface area contributed by atoms with Crippen LogP contribution in [0.5, 0.6) is 0 Å². The van der Waals surface area contributed by atoms with E-state index in [0.717, 1.165) is 27.2 Å². The number of anilines is 3. The largest absolute Gasteiger partial charge is 0.310 e. The number of para-hydroxylation sites is 3. The molecule has 0 saturated carbocycles. The molecule has 1 aromatic heterocycles. The predicted octanol–water partition coefficient (Wildman–Crippen LogP) is 10.7. The summed E-state index contributed by atoms with van der Waals surface area (Å²) in [6.07, 6.45) is 0. The molecule has 0 bridgehead atoms. The minimum Gasteiger partial charge on any atom is -0.310 e. The Morgan fingerprint density at radius 2 is 1.00 bits per heavy atom. The molecule has 0 saturated heterocycles. The van der Waals surface area contributed by atoms with E-state index in [1.807, 2.05) is 0 Å². The summed E-state index contributed by atoms with van der Waals surface area (Å²) in [7, 11) is 0. The lowest BCUT2D eigenvalue weighted by atomic mass is 10.0. The summed E-state index contributed by atoms with van der Waals surface area (Å²) in [5, 5.41) is 2.51. The van der Waals surface area contributed by atoms with Gasteiger partial charge in [0.1, 0.15) is 0 Å². The molecular formula is C36H25BrN2. The highest BCUT2D eigenvalue weighted by Crippen LogP contribution is 2.40. The third-order valence-electron chi connectivity index (χ3n) is 7.19. The summed E-state index contributed by atoms with van der Waals surface area (Å²) in [6, 6.07) is 53.8. The van der Waals surface area contributed by atoms with E-state index < -0.39 is 0 Å². The Balaban J connectivity index is 1.45. The summed E-state index contributed by atoms with van der Waals surface area (Å²) in [4.78, 5) is 2.33. The molecule has 0 spiro atoms. The fourth-order valence-corrected chi connectivity index (χ4v) is 5.97. The highest BCUT2D eigenvalue weighted by Gasteiger charge is 2.17. The van der Waals surface area contributed by atoms with Gasteiger partial charge >= 0.3 is 0 Å². The number of fused-ring (bicyclic) bond motifs is 3. The maximum atomic E-state index is 3.85. The number of aromatic nitrogens is 1. The van der Waals surface area contributed by atoms with Crippen molar-refractivity contribution in [1.29, 1.82) is 0 Å². The molecular weight excluding hydrogens is 540 g/mol. The second-order valence-corrected chi connectivity index (χ2v) is 10.5. The molecule has 39 heavy (non-hydrogen) atoms. The first-order chi connectivity index (χ1) is 19.3. The summed E-state index contributed by atoms with van der Waals surface area (Å²) in [5.41, 5.74) is 9.18. The molecule has 7 rings (SSSR count). The van der Waals surface area contributed by atoms with E-state index in [2.05, 4.69) is 177 Å². The normalized spacial score (nSPS) is 11.2. The van der Waals surface area contributed by atoms with Crippen LogP contribution in [0.3, 0.4) is 0 Å². The van der Waals surface area contributed by atoms with Crippen molar-refractivity contribution < 1.29 is 0 Å². The minimum atomic E-state index is 1.03. The number of benzene rings is 6. The van der Waals surface area contributed by atoms with Gasteiger partial charge in [0.15, 0.2) is 0 Å². The van der Waals surface area contributed by atoms with Gasteiger partial charge in [0, 0.05) is 38.0 Å². The average Bonchev–Trinajstić information content (AvgIpc) is 3.33. The molecule has 7 aromatic rings. The first kappa shape index (κ1) is 23.5. The number of halogens is 1. The zero-order valence-electron chi connectivity index (χ0n) is 21.2. The van der Waals surface area contributed by atoms with Crippen LogP contribution in [-0.2, 0) is 0 Å². The van der Waals surface area contributed by atoms with E-state index in [-0.39, 0.29) is 0 Å². The molecule has 6 aromatic carbocycles. The van der Waals surface area contributed by atoms with E-state index in [9.17, 15) is 0 Å². The van der Waals surface area contributed by atoms with Gasteiger partial charge in [-0.25, -0.2) is 0 Å². The van der Waals surface area contributed by atoms with E-state index >= 15 is 0 Å². The molecule has 0 amide bonds. The van der Waals surface area contributed by atoms with Crippen LogP contribution in [0.1, 0.15) is 0 Å². The zero-order chi connectivity index (χ0) is 26.2. The fourth-order valence-electron chi connectivity index (χ4n) is 5.50. The van der Waals surface area contributed by atoms with Crippen molar-refractivity contribution in [3.8, 4) is 16.8 Å². The van der Waals surface area contributed by atoms with E-state index in [4.69, 9.17) is 0 Å². The van der Waals surface area contributed by atoms with Crippen LogP contribution in [0.2, 0.25) is 0 Å². The van der Waals surface area contributed by atoms with E-state index in [1.165, 1.54) is 32.9 Å². The Kier molecular flexibility index (Phi) is 5.99. The fraction of sp³-hybridized carbons (Fsp3) is 0. The summed E-state index contributed by atoms with van der Waals surface area (Å²) < 4.78 is 3.39. The van der Waals surface area contributed by atoms with Gasteiger partial charge in [-0.3, -0.25) is 0 Å². The maximum Gasteiger partial charge on any atom is 0.0541 e. The van der Waals surface area contributed by atoms with Gasteiger partial charge in [-0.1, -0.05) is 113 Å². The van der Waals surface area contributed by atoms with Crippen molar-refractivity contribution in [2.24, 2.45) is 0 Å². The van der Waals surface area contributed by atoms with Gasteiger partial charge in [-0.05, 0) is 65.7 Å². The van der Waals surface area contributed by atoms with Crippen molar-refractivity contribution in [2.45, 2.75) is 0 Å². The number of hydrogen-bond acceptors (Lipinski definition) is 1. The Morgan fingerprint density at radius 1 is 0.436 bits per heavy atom. The Labute approximate surface area is 236 Å². The third-order valence-corrected chi connectivity index (χ3v) is 7.65. The predicted molar refractivity (Wildman–Crippen MR) is 169 cm³/mol. The molecule has 0 N–H and O–H groups in total. The molecule has 3 heteroatoms. The van der Waals surface area contributed by atoms with Gasteiger partial charge in [0.25, 0.3) is 0 Å².